The first-order valence-corrected chi connectivity index (χ1v) is 9.52. The monoisotopic (exact) mass is 345 g/mol. The van der Waals surface area contributed by atoms with Crippen LogP contribution in [0.3, 0.4) is 0 Å². The van der Waals surface area contributed by atoms with Crippen molar-refractivity contribution in [1.29, 1.82) is 0 Å². The zero-order chi connectivity index (χ0) is 17.5. The van der Waals surface area contributed by atoms with Crippen molar-refractivity contribution in [2.24, 2.45) is 0 Å². The summed E-state index contributed by atoms with van der Waals surface area (Å²) in [6.07, 6.45) is 5.79. The Morgan fingerprint density at radius 3 is 2.68 bits per heavy atom. The predicted octanol–water partition coefficient (Wildman–Crippen LogP) is 0.800. The summed E-state index contributed by atoms with van der Waals surface area (Å²) < 4.78 is 0. The van der Waals surface area contributed by atoms with Crippen molar-refractivity contribution in [3.8, 4) is 0 Å². The van der Waals surface area contributed by atoms with Gasteiger partial charge in [-0.25, -0.2) is 0 Å². The van der Waals surface area contributed by atoms with Crippen LogP contribution in [0.5, 0.6) is 0 Å². The molecule has 3 rings (SSSR count). The molecule has 138 valence electrons. The number of piperazine rings is 1. The van der Waals surface area contributed by atoms with Gasteiger partial charge >= 0.3 is 0 Å². The normalized spacial score (nSPS) is 23.5. The molecule has 1 amide bonds. The van der Waals surface area contributed by atoms with E-state index in [1.54, 1.807) is 6.20 Å². The lowest BCUT2D eigenvalue weighted by molar-refractivity contribution is -0.122. The highest BCUT2D eigenvalue weighted by molar-refractivity contribution is 5.77. The zero-order valence-corrected chi connectivity index (χ0v) is 15.4. The number of carbonyl (C=O) groups excluding carboxylic acids is 1. The molecule has 2 saturated heterocycles. The number of aromatic nitrogens is 1. The van der Waals surface area contributed by atoms with Gasteiger partial charge in [0.25, 0.3) is 0 Å². The van der Waals surface area contributed by atoms with Crippen LogP contribution in [0.1, 0.15) is 25.0 Å². The molecule has 3 heterocycles. The highest BCUT2D eigenvalue weighted by Gasteiger charge is 2.24. The number of amides is 1. The second-order valence-electron chi connectivity index (χ2n) is 7.30. The van der Waals surface area contributed by atoms with Crippen molar-refractivity contribution in [3.05, 3.63) is 30.1 Å². The summed E-state index contributed by atoms with van der Waals surface area (Å²) in [5, 5.41) is 2.97. The molecule has 0 aliphatic carbocycles. The zero-order valence-electron chi connectivity index (χ0n) is 15.4. The molecule has 0 saturated carbocycles. The summed E-state index contributed by atoms with van der Waals surface area (Å²) in [4.78, 5) is 23.7. The fourth-order valence-electron chi connectivity index (χ4n) is 3.75. The largest absolute Gasteiger partial charge is 0.349 e. The van der Waals surface area contributed by atoms with Gasteiger partial charge in [-0.2, -0.15) is 0 Å². The van der Waals surface area contributed by atoms with Crippen LogP contribution in [0, 0.1) is 0 Å². The van der Waals surface area contributed by atoms with Gasteiger partial charge in [-0.1, -0.05) is 12.5 Å². The van der Waals surface area contributed by atoms with E-state index in [0.717, 1.165) is 31.9 Å². The third kappa shape index (κ3) is 5.76. The van der Waals surface area contributed by atoms with E-state index in [0.29, 0.717) is 19.1 Å². The lowest BCUT2D eigenvalue weighted by atomic mass is 10.0. The van der Waals surface area contributed by atoms with Crippen molar-refractivity contribution < 1.29 is 4.79 Å². The average Bonchev–Trinajstić information content (AvgIpc) is 2.64. The van der Waals surface area contributed by atoms with Gasteiger partial charge in [-0.05, 0) is 38.6 Å². The number of carbonyl (C=O) groups is 1. The molecule has 0 bridgehead atoms. The minimum Gasteiger partial charge on any atom is -0.349 e. The topological polar surface area (TPSA) is 51.7 Å². The van der Waals surface area contributed by atoms with Crippen molar-refractivity contribution >= 4 is 5.91 Å². The molecule has 1 aromatic heterocycles. The van der Waals surface area contributed by atoms with Crippen LogP contribution in [0.4, 0.5) is 0 Å². The van der Waals surface area contributed by atoms with Gasteiger partial charge in [0, 0.05) is 45.0 Å². The first-order valence-electron chi connectivity index (χ1n) is 9.52. The van der Waals surface area contributed by atoms with Gasteiger partial charge in [0.2, 0.25) is 5.91 Å². The molecular formula is C19H31N5O. The minimum absolute atomic E-state index is 0.0890. The van der Waals surface area contributed by atoms with Gasteiger partial charge in [0.05, 0.1) is 18.8 Å². The molecule has 1 N–H and O–H groups in total. The molecule has 0 radical (unpaired) electrons. The number of nitrogens with zero attached hydrogens (tertiary/aromatic N) is 4. The van der Waals surface area contributed by atoms with E-state index in [9.17, 15) is 4.79 Å². The first-order chi connectivity index (χ1) is 12.2. The summed E-state index contributed by atoms with van der Waals surface area (Å²) in [5.74, 6) is 0.0890. The number of hydrogen-bond donors (Lipinski definition) is 1. The fourth-order valence-corrected chi connectivity index (χ4v) is 3.75. The summed E-state index contributed by atoms with van der Waals surface area (Å²) in [6.45, 7) is 7.51. The van der Waals surface area contributed by atoms with Crippen molar-refractivity contribution in [2.45, 2.75) is 31.8 Å². The van der Waals surface area contributed by atoms with Crippen LogP contribution in [0.15, 0.2) is 24.4 Å². The average molecular weight is 345 g/mol. The van der Waals surface area contributed by atoms with Gasteiger partial charge < -0.3 is 10.2 Å². The third-order valence-electron chi connectivity index (χ3n) is 5.42. The summed E-state index contributed by atoms with van der Waals surface area (Å²) in [7, 11) is 2.26. The number of piperidine rings is 1. The van der Waals surface area contributed by atoms with Crippen molar-refractivity contribution in [2.75, 3.05) is 52.9 Å². The standard InChI is InChI=1S/C19H31N5O/c1-22-9-5-3-7-18(22)15-23-10-12-24(13-11-23)16-19(25)21-14-17-6-2-4-8-20-17/h2,4,6,8,18H,3,5,7,9-16H2,1H3,(H,21,25). The Morgan fingerprint density at radius 1 is 1.16 bits per heavy atom. The lowest BCUT2D eigenvalue weighted by Crippen LogP contribution is -2.53. The molecule has 25 heavy (non-hydrogen) atoms. The Bertz CT molecular complexity index is 530. The van der Waals surface area contributed by atoms with E-state index in [4.69, 9.17) is 0 Å². The van der Waals surface area contributed by atoms with E-state index in [1.807, 2.05) is 18.2 Å². The van der Waals surface area contributed by atoms with Gasteiger partial charge in [-0.15, -0.1) is 0 Å². The quantitative estimate of drug-likeness (QED) is 0.827. The molecule has 2 aliphatic rings. The van der Waals surface area contributed by atoms with Crippen LogP contribution in [-0.2, 0) is 11.3 Å². The highest BCUT2D eigenvalue weighted by atomic mass is 16.2. The Hall–Kier alpha value is -1.50. The Kier molecular flexibility index (Phi) is 6.78. The number of nitrogens with one attached hydrogen (secondary N) is 1. The van der Waals surface area contributed by atoms with E-state index in [-0.39, 0.29) is 5.91 Å². The molecule has 1 aromatic rings. The van der Waals surface area contributed by atoms with Crippen LogP contribution in [-0.4, -0.2) is 84.5 Å². The molecule has 0 spiro atoms. The second kappa shape index (κ2) is 9.27. The maximum absolute atomic E-state index is 12.1. The van der Waals surface area contributed by atoms with Crippen LogP contribution >= 0.6 is 0 Å². The Balaban J connectivity index is 1.34. The van der Waals surface area contributed by atoms with Gasteiger partial charge in [0.1, 0.15) is 0 Å². The van der Waals surface area contributed by atoms with Crippen molar-refractivity contribution in [3.63, 3.8) is 0 Å². The molecule has 2 fully saturated rings. The number of likely N-dealkylation sites (tertiary alicyclic amines) is 1. The minimum atomic E-state index is 0.0890. The molecule has 6 heteroatoms. The number of likely N-dealkylation sites (N-methyl/N-ethyl adjacent to an activating group) is 1. The van der Waals surface area contributed by atoms with Crippen LogP contribution in [0.25, 0.3) is 0 Å². The van der Waals surface area contributed by atoms with E-state index in [2.05, 4.69) is 32.0 Å². The SMILES string of the molecule is CN1CCCCC1CN1CCN(CC(=O)NCc2ccccn2)CC1. The fraction of sp³-hybridized carbons (Fsp3) is 0.684. The molecule has 1 atom stereocenters. The van der Waals surface area contributed by atoms with Crippen LogP contribution < -0.4 is 5.32 Å². The summed E-state index contributed by atoms with van der Waals surface area (Å²) in [5.41, 5.74) is 0.900. The smallest absolute Gasteiger partial charge is 0.234 e. The van der Waals surface area contributed by atoms with Crippen LogP contribution in [0.2, 0.25) is 0 Å². The Labute approximate surface area is 151 Å². The Morgan fingerprint density at radius 2 is 1.96 bits per heavy atom. The second-order valence-corrected chi connectivity index (χ2v) is 7.30. The maximum Gasteiger partial charge on any atom is 0.234 e. The summed E-state index contributed by atoms with van der Waals surface area (Å²) in [6, 6.07) is 6.47. The van der Waals surface area contributed by atoms with E-state index in [1.165, 1.54) is 32.4 Å². The molecular weight excluding hydrogens is 314 g/mol. The maximum atomic E-state index is 12.1. The van der Waals surface area contributed by atoms with E-state index >= 15 is 0 Å². The number of pyridine rings is 1. The number of rotatable bonds is 6. The predicted molar refractivity (Wildman–Crippen MR) is 99.2 cm³/mol. The van der Waals surface area contributed by atoms with Crippen molar-refractivity contribution in [1.82, 2.24) is 25.0 Å². The van der Waals surface area contributed by atoms with Gasteiger partial charge in [-0.3, -0.25) is 19.6 Å². The molecule has 0 aromatic carbocycles. The molecule has 1 unspecified atom stereocenters. The van der Waals surface area contributed by atoms with E-state index < -0.39 is 0 Å². The first kappa shape index (κ1) is 18.3. The van der Waals surface area contributed by atoms with Gasteiger partial charge in [0.15, 0.2) is 0 Å². The highest BCUT2D eigenvalue weighted by Crippen LogP contribution is 2.16. The molecule has 6 nitrogen and oxygen atoms in total. The molecule has 2 aliphatic heterocycles. The summed E-state index contributed by atoms with van der Waals surface area (Å²) >= 11 is 0. The third-order valence-corrected chi connectivity index (χ3v) is 5.42. The lowest BCUT2D eigenvalue weighted by Gasteiger charge is -2.40. The number of hydrogen-bond acceptors (Lipinski definition) is 5.